The van der Waals surface area contributed by atoms with Gasteiger partial charge in [-0.15, -0.1) is 13.5 Å². The number of nitrogens with zero attached hydrogens (tertiary/aromatic N) is 8. The topological polar surface area (TPSA) is 410 Å². The lowest BCUT2D eigenvalue weighted by Crippen LogP contribution is -2.61. The number of fused-ring (bicyclic) bond motifs is 5. The van der Waals surface area contributed by atoms with Gasteiger partial charge in [0.25, 0.3) is 29.2 Å². The van der Waals surface area contributed by atoms with Crippen LogP contribution in [0.4, 0.5) is 4.39 Å². The van der Waals surface area contributed by atoms with Crippen LogP contribution in [0.1, 0.15) is 76.6 Å². The number of likely N-dealkylation sites (N-methyl/N-ethyl adjacent to an activating group) is 1. The molecule has 5 aromatic rings. The molecule has 4 aliphatic heterocycles. The number of ether oxygens (including phenoxy) is 4. The van der Waals surface area contributed by atoms with Gasteiger partial charge < -0.3 is 72.8 Å². The molecule has 32 heteroatoms. The molecular weight excluding hydrogens is 1130 g/mol. The first-order chi connectivity index (χ1) is 39.4. The van der Waals surface area contributed by atoms with E-state index in [-0.39, 0.29) is 120 Å². The Hall–Kier alpha value is -8.79. The number of aliphatic hydroxyl groups excluding tert-OH is 3. The van der Waals surface area contributed by atoms with Crippen molar-refractivity contribution in [1.82, 2.24) is 39.7 Å². The summed E-state index contributed by atoms with van der Waals surface area (Å²) in [4.78, 5) is 96.9. The maximum absolute atomic E-state index is 16.8. The first-order valence-electron chi connectivity index (χ1n) is 25.4. The summed E-state index contributed by atoms with van der Waals surface area (Å²) < 4.78 is 80.6. The summed E-state index contributed by atoms with van der Waals surface area (Å²) in [6.45, 7) is 2.09. The summed E-state index contributed by atoms with van der Waals surface area (Å²) in [6, 6.07) is 4.16. The van der Waals surface area contributed by atoms with Gasteiger partial charge >= 0.3 is 22.3 Å². The molecule has 7 N–H and O–H groups in total. The molecule has 4 amide bonds. The van der Waals surface area contributed by atoms with E-state index in [0.29, 0.717) is 5.69 Å². The normalized spacial score (nSPS) is 22.7. The number of halogens is 1. The number of pyridine rings is 2. The summed E-state index contributed by atoms with van der Waals surface area (Å²) in [5.74, 6) is -9.17. The minimum atomic E-state index is -5.61. The number of hydrogen-bond acceptors (Lipinski definition) is 24. The Morgan fingerprint density at radius 2 is 1.73 bits per heavy atom. The van der Waals surface area contributed by atoms with E-state index < -0.39 is 124 Å². The van der Waals surface area contributed by atoms with Crippen LogP contribution in [-0.4, -0.2) is 172 Å². The lowest BCUT2D eigenvalue weighted by Gasteiger charge is -2.38. The third-order valence-corrected chi connectivity index (χ3v) is 15.4. The molecular formula is C51H50FN9O21S. The van der Waals surface area contributed by atoms with Crippen molar-refractivity contribution in [2.75, 3.05) is 26.8 Å². The highest BCUT2D eigenvalue weighted by Crippen LogP contribution is 2.48. The zero-order valence-corrected chi connectivity index (χ0v) is 44.6. The molecule has 5 aliphatic rings. The first-order valence-corrected chi connectivity index (χ1v) is 26.7. The van der Waals surface area contributed by atoms with Crippen molar-refractivity contribution in [3.8, 4) is 28.6 Å². The Morgan fingerprint density at radius 1 is 0.988 bits per heavy atom. The Morgan fingerprint density at radius 3 is 2.45 bits per heavy atom. The number of oxime groups is 1. The fraction of sp³-hybridized carbons (Fsp3) is 0.392. The minimum absolute atomic E-state index is 0.0125. The Bertz CT molecular complexity index is 3790. The Kier molecular flexibility index (Phi) is 15.3. The van der Waals surface area contributed by atoms with Crippen LogP contribution in [-0.2, 0) is 86.8 Å². The van der Waals surface area contributed by atoms with Gasteiger partial charge in [0.05, 0.1) is 67.6 Å². The molecule has 7 atom stereocenters. The fourth-order valence-corrected chi connectivity index (χ4v) is 11.0. The lowest BCUT2D eigenvalue weighted by molar-refractivity contribution is -0.271. The van der Waals surface area contributed by atoms with Gasteiger partial charge in [-0.25, -0.2) is 23.6 Å². The average molecular weight is 1180 g/mol. The summed E-state index contributed by atoms with van der Waals surface area (Å²) in [5, 5.41) is 75.9. The quantitative estimate of drug-likeness (QED) is 0.0127. The van der Waals surface area contributed by atoms with Crippen LogP contribution in [0.15, 0.2) is 58.6 Å². The van der Waals surface area contributed by atoms with Crippen molar-refractivity contribution in [1.29, 1.82) is 0 Å². The van der Waals surface area contributed by atoms with E-state index in [1.807, 2.05) is 0 Å². The Labute approximate surface area is 466 Å². The number of carboxylic acids is 1. The highest BCUT2D eigenvalue weighted by atomic mass is 32.3. The van der Waals surface area contributed by atoms with Gasteiger partial charge in [0.15, 0.2) is 34.8 Å². The van der Waals surface area contributed by atoms with E-state index >= 15 is 4.39 Å². The summed E-state index contributed by atoms with van der Waals surface area (Å²) in [6.07, 6.45) is -7.52. The number of aryl methyl sites for hydroxylation is 1. The highest BCUT2D eigenvalue weighted by Gasteiger charge is 2.49. The average Bonchev–Trinajstić information content (AvgIpc) is 2.37. The van der Waals surface area contributed by atoms with Gasteiger partial charge in [0, 0.05) is 59.5 Å². The number of carbonyl (C=O) groups is 6. The summed E-state index contributed by atoms with van der Waals surface area (Å²) in [7, 11) is -4.24. The van der Waals surface area contributed by atoms with Crippen molar-refractivity contribution in [3.05, 3.63) is 104 Å². The molecule has 0 radical (unpaired) electrons. The molecule has 0 unspecified atom stereocenters. The zero-order chi connectivity index (χ0) is 59.6. The van der Waals surface area contributed by atoms with E-state index in [0.717, 1.165) is 41.3 Å². The molecule has 3 aromatic heterocycles. The number of carboxylic acid groups (broad SMARTS) is 1. The predicted octanol–water partition coefficient (Wildman–Crippen LogP) is -1.05. The first kappa shape index (κ1) is 57.4. The number of aliphatic carboxylic acids is 1. The van der Waals surface area contributed by atoms with Gasteiger partial charge in [0.2, 0.25) is 6.29 Å². The monoisotopic (exact) mass is 1180 g/mol. The zero-order valence-electron chi connectivity index (χ0n) is 43.8. The molecule has 0 spiro atoms. The van der Waals surface area contributed by atoms with Crippen LogP contribution >= 0.6 is 0 Å². The maximum Gasteiger partial charge on any atom is 0.501 e. The van der Waals surface area contributed by atoms with Gasteiger partial charge in [-0.05, 0) is 56.0 Å². The number of carbonyl (C=O) groups excluding carboxylic acids is 5. The second-order valence-corrected chi connectivity index (χ2v) is 20.9. The molecule has 438 valence electrons. The van der Waals surface area contributed by atoms with Crippen LogP contribution in [0, 0.1) is 5.82 Å². The smallest absolute Gasteiger partial charge is 0.479 e. The van der Waals surface area contributed by atoms with E-state index in [1.165, 1.54) is 47.3 Å². The molecule has 1 aliphatic carbocycles. The number of cyclic esters (lactones) is 1. The number of nitrogens with one attached hydrogen (secondary N) is 1. The molecule has 30 nitrogen and oxygen atoms in total. The predicted molar refractivity (Wildman–Crippen MR) is 273 cm³/mol. The van der Waals surface area contributed by atoms with Crippen LogP contribution < -0.4 is 24.0 Å². The largest absolute Gasteiger partial charge is 0.501 e. The van der Waals surface area contributed by atoms with Crippen molar-refractivity contribution in [3.63, 3.8) is 0 Å². The van der Waals surface area contributed by atoms with Crippen molar-refractivity contribution >= 4 is 62.6 Å². The van der Waals surface area contributed by atoms with Gasteiger partial charge in [-0.1, -0.05) is 17.3 Å². The fourth-order valence-electron chi connectivity index (χ4n) is 10.3. The molecule has 10 rings (SSSR count). The van der Waals surface area contributed by atoms with Gasteiger partial charge in [-0.3, -0.25) is 28.9 Å². The Balaban J connectivity index is 0.945. The van der Waals surface area contributed by atoms with Crippen LogP contribution in [0.2, 0.25) is 0 Å². The number of imide groups is 1. The lowest BCUT2D eigenvalue weighted by atomic mass is 9.82. The second-order valence-electron chi connectivity index (χ2n) is 19.8. The number of amides is 4. The number of aromatic nitrogens is 5. The maximum atomic E-state index is 16.8. The summed E-state index contributed by atoms with van der Waals surface area (Å²) in [5.41, 5.74) is -2.73. The molecule has 7 heterocycles. The van der Waals surface area contributed by atoms with E-state index in [2.05, 4.69) is 20.8 Å². The summed E-state index contributed by atoms with van der Waals surface area (Å²) >= 11 is 0. The van der Waals surface area contributed by atoms with Crippen molar-refractivity contribution in [2.24, 2.45) is 5.16 Å². The third kappa shape index (κ3) is 10.6. The number of esters is 1. The molecule has 83 heavy (non-hydrogen) atoms. The number of aliphatic hydroxyl groups is 4. The number of hydrogen-bond donors (Lipinski definition) is 7. The molecule has 0 saturated carbocycles. The van der Waals surface area contributed by atoms with Gasteiger partial charge in [0.1, 0.15) is 36.3 Å². The molecule has 1 saturated heterocycles. The molecule has 1 fully saturated rings. The number of rotatable bonds is 19. The minimum Gasteiger partial charge on any atom is -0.479 e. The van der Waals surface area contributed by atoms with Crippen LogP contribution in [0.25, 0.3) is 22.3 Å². The van der Waals surface area contributed by atoms with Crippen LogP contribution in [0.3, 0.4) is 0 Å². The van der Waals surface area contributed by atoms with Crippen molar-refractivity contribution < 1.29 is 99.6 Å². The standard InChI is InChI=1S/C51H50FN9O21S/c1-4-51(73)28-16-32-39-26(20-60(32)47(69)27(28)21-78-50(51)72)38-30(54-45(67)22(2)56-74)7-6-25-37(38)31(53-39)17-29(52)43(25)82-83(75,76)81-34-15-23(5-8-33(34)79-49-42(66)40(64)41(65)44(80-49)48(70)71)46(68)58(3)11-13-77-14-12-59-18-24(55-57-59)19-61-35(62)9-10-36(61)63/h5,8-10,15-18,30,40-42,44,49,64-66,73-74H,4,6-7,11-14,19-21H2,1-3H3,(H,54,67)(H,70,71)/b56-22+/t30-,40-,41-,42+,44-,49+,51-/m0/s1. The highest BCUT2D eigenvalue weighted by molar-refractivity contribution is 7.82. The van der Waals surface area contributed by atoms with Crippen LogP contribution in [0.5, 0.6) is 17.2 Å². The van der Waals surface area contributed by atoms with E-state index in [9.17, 15) is 72.7 Å². The van der Waals surface area contributed by atoms with Crippen molar-refractivity contribution in [2.45, 2.75) is 102 Å². The van der Waals surface area contributed by atoms with E-state index in [4.69, 9.17) is 32.3 Å². The second kappa shape index (κ2) is 22.2. The molecule has 2 aromatic carbocycles. The number of benzene rings is 2. The molecule has 0 bridgehead atoms. The van der Waals surface area contributed by atoms with E-state index in [1.54, 1.807) is 0 Å². The van der Waals surface area contributed by atoms with Gasteiger partial charge in [-0.2, -0.15) is 0 Å². The third-order valence-electron chi connectivity index (χ3n) is 14.7. The SMILES string of the molecule is CC[C@@]1(O)C(=O)OCc2c1cc1n(c2=O)Cc2c-1nc1cc(F)c(OS(=O)(=O)Oc3cc(C(=O)N(C)CCOCCn4cc(CN5C(=O)C=CC5=O)nn4)ccc3O[C@@H]3O[C@H](C(=O)O)[C@@H](O)[C@H](O)[C@H]3O)c3c1c2[C@@H](NC(=O)/C(C)=N/O)CC3.